The molecule has 2 nitrogen and oxygen atoms in total. The Hall–Kier alpha value is -1.02. The molecule has 17 heavy (non-hydrogen) atoms. The molecule has 92 valence electrons. The fraction of sp³-hybridized carbons (Fsp3) is 0.600. The summed E-state index contributed by atoms with van der Waals surface area (Å²) in [4.78, 5) is 0. The van der Waals surface area contributed by atoms with Crippen molar-refractivity contribution < 1.29 is 4.74 Å². The van der Waals surface area contributed by atoms with Crippen molar-refractivity contribution in [1.82, 2.24) is 0 Å². The molecule has 0 radical (unpaired) electrons. The summed E-state index contributed by atoms with van der Waals surface area (Å²) in [6.07, 6.45) is 6.39. The van der Waals surface area contributed by atoms with Gasteiger partial charge in [-0.3, -0.25) is 0 Å². The van der Waals surface area contributed by atoms with E-state index >= 15 is 0 Å². The highest BCUT2D eigenvalue weighted by atomic mass is 16.5. The quantitative estimate of drug-likeness (QED) is 0.849. The lowest BCUT2D eigenvalue weighted by Crippen LogP contribution is -2.25. The lowest BCUT2D eigenvalue weighted by Gasteiger charge is -2.31. The summed E-state index contributed by atoms with van der Waals surface area (Å²) in [6, 6.07) is 6.77. The largest absolute Gasteiger partial charge is 0.493 e. The Kier molecular flexibility index (Phi) is 3.06. The van der Waals surface area contributed by atoms with Crippen molar-refractivity contribution in [3.8, 4) is 5.75 Å². The average Bonchev–Trinajstić information content (AvgIpc) is 2.85. The van der Waals surface area contributed by atoms with Crippen molar-refractivity contribution in [3.63, 3.8) is 0 Å². The maximum Gasteiger partial charge on any atom is 0.122 e. The van der Waals surface area contributed by atoms with Crippen molar-refractivity contribution in [3.05, 3.63) is 29.3 Å². The Morgan fingerprint density at radius 1 is 1.24 bits per heavy atom. The number of hydrogen-bond donors (Lipinski definition) is 1. The third kappa shape index (κ3) is 2.06. The smallest absolute Gasteiger partial charge is 0.122 e. The maximum atomic E-state index is 5.92. The van der Waals surface area contributed by atoms with E-state index in [1.807, 2.05) is 0 Å². The van der Waals surface area contributed by atoms with E-state index in [-0.39, 0.29) is 0 Å². The molecule has 1 saturated carbocycles. The van der Waals surface area contributed by atoms with Gasteiger partial charge in [-0.2, -0.15) is 0 Å². The first-order chi connectivity index (χ1) is 8.38. The molecule has 0 bridgehead atoms. The van der Waals surface area contributed by atoms with Crippen LogP contribution < -0.4 is 10.5 Å². The predicted molar refractivity (Wildman–Crippen MR) is 69.4 cm³/mol. The fourth-order valence-electron chi connectivity index (χ4n) is 3.37. The van der Waals surface area contributed by atoms with Crippen LogP contribution >= 0.6 is 0 Å². The molecule has 2 N–H and O–H groups in total. The molecule has 3 rings (SSSR count). The monoisotopic (exact) mass is 231 g/mol. The molecule has 0 saturated heterocycles. The first-order valence-corrected chi connectivity index (χ1v) is 6.84. The van der Waals surface area contributed by atoms with Gasteiger partial charge < -0.3 is 10.5 Å². The van der Waals surface area contributed by atoms with Gasteiger partial charge in [0.05, 0.1) is 6.61 Å². The molecule has 1 aromatic rings. The highest BCUT2D eigenvalue weighted by Crippen LogP contribution is 2.39. The van der Waals surface area contributed by atoms with Crippen LogP contribution in [0.4, 0.5) is 0 Å². The maximum absolute atomic E-state index is 5.92. The van der Waals surface area contributed by atoms with Gasteiger partial charge in [0.1, 0.15) is 5.75 Å². The topological polar surface area (TPSA) is 35.2 Å². The molecule has 1 aromatic carbocycles. The van der Waals surface area contributed by atoms with E-state index in [0.29, 0.717) is 11.8 Å². The highest BCUT2D eigenvalue weighted by Gasteiger charge is 2.26. The average molecular weight is 231 g/mol. The summed E-state index contributed by atoms with van der Waals surface area (Å²) in [6.45, 7) is 1.68. The first-order valence-electron chi connectivity index (χ1n) is 6.84. The molecule has 2 unspecified atom stereocenters. The van der Waals surface area contributed by atoms with Gasteiger partial charge in [-0.25, -0.2) is 0 Å². The molecule has 2 atom stereocenters. The normalized spacial score (nSPS) is 27.6. The zero-order chi connectivity index (χ0) is 11.7. The second kappa shape index (κ2) is 4.69. The number of fused-ring (bicyclic) bond motifs is 1. The van der Waals surface area contributed by atoms with E-state index in [1.54, 1.807) is 0 Å². The summed E-state index contributed by atoms with van der Waals surface area (Å²) in [5.74, 6) is 2.46. The highest BCUT2D eigenvalue weighted by molar-refractivity contribution is 5.41. The third-order valence-electron chi connectivity index (χ3n) is 4.35. The summed E-state index contributed by atoms with van der Waals surface area (Å²) < 4.78 is 5.57. The Balaban J connectivity index is 1.87. The summed E-state index contributed by atoms with van der Waals surface area (Å²) in [5, 5.41) is 0. The van der Waals surface area contributed by atoms with Gasteiger partial charge >= 0.3 is 0 Å². The molecule has 2 heteroatoms. The minimum Gasteiger partial charge on any atom is -0.493 e. The number of rotatable bonds is 2. The molecule has 1 aliphatic carbocycles. The van der Waals surface area contributed by atoms with Crippen LogP contribution in [0.15, 0.2) is 18.2 Å². The van der Waals surface area contributed by atoms with Crippen LogP contribution in [0.1, 0.15) is 42.7 Å². The predicted octanol–water partition coefficient (Wildman–Crippen LogP) is 2.85. The molecule has 2 aliphatic rings. The minimum atomic E-state index is 0.680. The van der Waals surface area contributed by atoms with Gasteiger partial charge in [-0.15, -0.1) is 0 Å². The number of hydrogen-bond acceptors (Lipinski definition) is 2. The minimum absolute atomic E-state index is 0.680. The molecule has 0 spiro atoms. The Labute approximate surface area is 103 Å². The zero-order valence-corrected chi connectivity index (χ0v) is 10.3. The van der Waals surface area contributed by atoms with Crippen LogP contribution in [-0.4, -0.2) is 13.2 Å². The second-order valence-corrected chi connectivity index (χ2v) is 5.35. The van der Waals surface area contributed by atoms with E-state index in [0.717, 1.165) is 25.3 Å². The summed E-state index contributed by atoms with van der Waals surface area (Å²) >= 11 is 0. The zero-order valence-electron chi connectivity index (χ0n) is 10.3. The molecule has 1 fully saturated rings. The SMILES string of the molecule is NCC1CCCCC1c1ccc2c(c1)CCO2. The lowest BCUT2D eigenvalue weighted by atomic mass is 9.75. The fourth-order valence-corrected chi connectivity index (χ4v) is 3.37. The summed E-state index contributed by atoms with van der Waals surface area (Å²) in [5.41, 5.74) is 8.80. The van der Waals surface area contributed by atoms with Crippen molar-refractivity contribution in [2.45, 2.75) is 38.0 Å². The standard InChI is InChI=1S/C15H21NO/c16-10-13-3-1-2-4-14(13)11-5-6-15-12(9-11)7-8-17-15/h5-6,9,13-14H,1-4,7-8,10,16H2. The molecular formula is C15H21NO. The van der Waals surface area contributed by atoms with E-state index in [4.69, 9.17) is 10.5 Å². The van der Waals surface area contributed by atoms with Crippen molar-refractivity contribution in [1.29, 1.82) is 0 Å². The van der Waals surface area contributed by atoms with Crippen LogP contribution in [-0.2, 0) is 6.42 Å². The van der Waals surface area contributed by atoms with Gasteiger partial charge in [0.25, 0.3) is 0 Å². The first kappa shape index (κ1) is 11.1. The number of benzene rings is 1. The molecule has 0 amide bonds. The molecular weight excluding hydrogens is 210 g/mol. The van der Waals surface area contributed by atoms with Crippen molar-refractivity contribution in [2.24, 2.45) is 11.7 Å². The third-order valence-corrected chi connectivity index (χ3v) is 4.35. The summed E-state index contributed by atoms with van der Waals surface area (Å²) in [7, 11) is 0. The Morgan fingerprint density at radius 3 is 3.00 bits per heavy atom. The van der Waals surface area contributed by atoms with Gasteiger partial charge in [-0.05, 0) is 48.4 Å². The van der Waals surface area contributed by atoms with Crippen LogP contribution in [0, 0.1) is 5.92 Å². The number of ether oxygens (including phenoxy) is 1. The molecule has 0 aromatic heterocycles. The van der Waals surface area contributed by atoms with Gasteiger partial charge in [0.2, 0.25) is 0 Å². The Bertz CT molecular complexity index is 402. The van der Waals surface area contributed by atoms with Crippen LogP contribution in [0.2, 0.25) is 0 Å². The van der Waals surface area contributed by atoms with Crippen molar-refractivity contribution >= 4 is 0 Å². The van der Waals surface area contributed by atoms with Crippen LogP contribution in [0.3, 0.4) is 0 Å². The van der Waals surface area contributed by atoms with E-state index < -0.39 is 0 Å². The van der Waals surface area contributed by atoms with Crippen LogP contribution in [0.5, 0.6) is 5.75 Å². The van der Waals surface area contributed by atoms with Crippen LogP contribution in [0.25, 0.3) is 0 Å². The Morgan fingerprint density at radius 2 is 2.12 bits per heavy atom. The second-order valence-electron chi connectivity index (χ2n) is 5.35. The van der Waals surface area contributed by atoms with Crippen molar-refractivity contribution in [2.75, 3.05) is 13.2 Å². The van der Waals surface area contributed by atoms with E-state index in [2.05, 4.69) is 18.2 Å². The lowest BCUT2D eigenvalue weighted by molar-refractivity contribution is 0.314. The van der Waals surface area contributed by atoms with Gasteiger partial charge in [0, 0.05) is 6.42 Å². The molecule has 1 aliphatic heterocycles. The molecule has 1 heterocycles. The van der Waals surface area contributed by atoms with E-state index in [9.17, 15) is 0 Å². The van der Waals surface area contributed by atoms with Gasteiger partial charge in [-0.1, -0.05) is 25.0 Å². The number of nitrogens with two attached hydrogens (primary N) is 1. The van der Waals surface area contributed by atoms with Gasteiger partial charge in [0.15, 0.2) is 0 Å². The van der Waals surface area contributed by atoms with E-state index in [1.165, 1.54) is 36.8 Å².